The summed E-state index contributed by atoms with van der Waals surface area (Å²) in [5.74, 6) is 1.32. The fraction of sp³-hybridized carbons (Fsp3) is 0.231. The van der Waals surface area contributed by atoms with Crippen LogP contribution in [0.25, 0.3) is 11.5 Å². The van der Waals surface area contributed by atoms with Crippen molar-refractivity contribution in [3.05, 3.63) is 48.2 Å². The van der Waals surface area contributed by atoms with E-state index in [4.69, 9.17) is 9.52 Å². The number of benzene rings is 1. The Morgan fingerprint density at radius 3 is 2.88 bits per heavy atom. The molecule has 3 heteroatoms. The number of hydrogen-bond acceptors (Lipinski definition) is 3. The highest BCUT2D eigenvalue weighted by atomic mass is 16.4. The molecule has 83 valence electrons. The Balaban J connectivity index is 2.36. The summed E-state index contributed by atoms with van der Waals surface area (Å²) in [6.07, 6.45) is 0.644. The smallest absolute Gasteiger partial charge is 0.226 e. The van der Waals surface area contributed by atoms with Crippen LogP contribution in [-0.4, -0.2) is 16.7 Å². The zero-order valence-electron chi connectivity index (χ0n) is 9.23. The zero-order valence-corrected chi connectivity index (χ0v) is 9.23. The topological polar surface area (TPSA) is 46.3 Å². The lowest BCUT2D eigenvalue weighted by atomic mass is 10.1. The van der Waals surface area contributed by atoms with Crippen molar-refractivity contribution in [3.8, 4) is 11.5 Å². The van der Waals surface area contributed by atoms with Crippen LogP contribution in [0.3, 0.4) is 0 Å². The molecule has 0 spiro atoms. The molecule has 0 saturated heterocycles. The Hall–Kier alpha value is -1.61. The third-order valence-electron chi connectivity index (χ3n) is 2.47. The highest BCUT2D eigenvalue weighted by Gasteiger charge is 2.08. The van der Waals surface area contributed by atoms with Crippen molar-refractivity contribution < 1.29 is 9.52 Å². The highest BCUT2D eigenvalue weighted by Crippen LogP contribution is 2.22. The zero-order chi connectivity index (χ0) is 11.5. The summed E-state index contributed by atoms with van der Waals surface area (Å²) in [5.41, 5.74) is 2.66. The maximum atomic E-state index is 8.88. The molecular weight excluding hydrogens is 202 g/mol. The van der Waals surface area contributed by atoms with E-state index < -0.39 is 0 Å². The van der Waals surface area contributed by atoms with Crippen molar-refractivity contribution in [2.24, 2.45) is 0 Å². The van der Waals surface area contributed by atoms with E-state index in [0.29, 0.717) is 18.0 Å². The van der Waals surface area contributed by atoms with Gasteiger partial charge in [-0.25, -0.2) is 4.98 Å². The second kappa shape index (κ2) is 4.49. The molecule has 0 aliphatic carbocycles. The molecular formula is C13H14NO2. The second-order valence-corrected chi connectivity index (χ2v) is 3.70. The Labute approximate surface area is 94.8 Å². The minimum Gasteiger partial charge on any atom is -0.441 e. The molecule has 0 fully saturated rings. The monoisotopic (exact) mass is 216 g/mol. The molecule has 0 unspecified atom stereocenters. The van der Waals surface area contributed by atoms with Crippen molar-refractivity contribution >= 4 is 0 Å². The van der Waals surface area contributed by atoms with Crippen LogP contribution in [0.1, 0.15) is 17.0 Å². The molecule has 0 amide bonds. The third-order valence-corrected chi connectivity index (χ3v) is 2.47. The van der Waals surface area contributed by atoms with Crippen LogP contribution in [0, 0.1) is 13.8 Å². The first-order chi connectivity index (χ1) is 7.70. The van der Waals surface area contributed by atoms with Crippen LogP contribution in [0.4, 0.5) is 0 Å². The summed E-state index contributed by atoms with van der Waals surface area (Å²) in [7, 11) is 0. The molecule has 0 saturated carbocycles. The first kappa shape index (κ1) is 10.9. The van der Waals surface area contributed by atoms with Gasteiger partial charge >= 0.3 is 0 Å². The molecule has 2 rings (SSSR count). The molecule has 0 aliphatic rings. The van der Waals surface area contributed by atoms with Gasteiger partial charge in [-0.15, -0.1) is 0 Å². The highest BCUT2D eigenvalue weighted by molar-refractivity contribution is 5.55. The quantitative estimate of drug-likeness (QED) is 0.856. The lowest BCUT2D eigenvalue weighted by molar-refractivity contribution is 0.299. The van der Waals surface area contributed by atoms with Gasteiger partial charge in [0.2, 0.25) is 5.89 Å². The minimum atomic E-state index is 0.147. The van der Waals surface area contributed by atoms with E-state index in [2.05, 4.69) is 11.9 Å². The molecule has 0 aliphatic heterocycles. The largest absolute Gasteiger partial charge is 0.441 e. The number of oxazole rings is 1. The molecule has 2 aromatic rings. The molecule has 1 radical (unpaired) electrons. The van der Waals surface area contributed by atoms with Crippen LogP contribution in [-0.2, 0) is 6.42 Å². The van der Waals surface area contributed by atoms with E-state index in [1.807, 2.05) is 31.2 Å². The number of nitrogens with zero attached hydrogens (tertiary/aromatic N) is 1. The minimum absolute atomic E-state index is 0.147. The summed E-state index contributed by atoms with van der Waals surface area (Å²) in [6.45, 7) is 5.77. The lowest BCUT2D eigenvalue weighted by Crippen LogP contribution is -1.90. The van der Waals surface area contributed by atoms with Crippen LogP contribution in [0.5, 0.6) is 0 Å². The van der Waals surface area contributed by atoms with Gasteiger partial charge in [-0.05, 0) is 38.0 Å². The van der Waals surface area contributed by atoms with E-state index in [9.17, 15) is 0 Å². The first-order valence-corrected chi connectivity index (χ1v) is 5.20. The van der Waals surface area contributed by atoms with Crippen LogP contribution >= 0.6 is 0 Å². The molecule has 16 heavy (non-hydrogen) atoms. The maximum Gasteiger partial charge on any atom is 0.226 e. The molecule has 0 atom stereocenters. The van der Waals surface area contributed by atoms with Gasteiger partial charge in [0, 0.05) is 12.2 Å². The molecule has 0 bridgehead atoms. The number of aliphatic hydroxyl groups excluding tert-OH is 1. The number of aromatic nitrogens is 1. The van der Waals surface area contributed by atoms with Gasteiger partial charge < -0.3 is 9.52 Å². The predicted octanol–water partition coefficient (Wildman–Crippen LogP) is 2.37. The predicted molar refractivity (Wildman–Crippen MR) is 61.9 cm³/mol. The van der Waals surface area contributed by atoms with Gasteiger partial charge in [-0.3, -0.25) is 0 Å². The first-order valence-electron chi connectivity index (χ1n) is 5.20. The average molecular weight is 216 g/mol. The van der Waals surface area contributed by atoms with Gasteiger partial charge in [0.25, 0.3) is 0 Å². The molecule has 1 N–H and O–H groups in total. The fourth-order valence-electron chi connectivity index (χ4n) is 1.54. The van der Waals surface area contributed by atoms with Crippen LogP contribution < -0.4 is 0 Å². The molecule has 3 nitrogen and oxygen atoms in total. The van der Waals surface area contributed by atoms with Crippen molar-refractivity contribution in [1.82, 2.24) is 4.98 Å². The van der Waals surface area contributed by atoms with Crippen LogP contribution in [0.2, 0.25) is 0 Å². The normalized spacial score (nSPS) is 10.7. The number of aryl methyl sites for hydroxylation is 1. The Bertz CT molecular complexity index is 469. The summed E-state index contributed by atoms with van der Waals surface area (Å²) < 4.78 is 5.50. The average Bonchev–Trinajstić information content (AvgIpc) is 2.60. The fourth-order valence-corrected chi connectivity index (χ4v) is 1.54. The molecule has 1 aromatic heterocycles. The number of hydrogen-bond donors (Lipinski definition) is 1. The van der Waals surface area contributed by atoms with Crippen molar-refractivity contribution in [3.63, 3.8) is 0 Å². The van der Waals surface area contributed by atoms with Gasteiger partial charge in [-0.2, -0.15) is 0 Å². The van der Waals surface area contributed by atoms with Crippen molar-refractivity contribution in [2.45, 2.75) is 13.3 Å². The van der Waals surface area contributed by atoms with Crippen molar-refractivity contribution in [2.75, 3.05) is 6.61 Å². The Morgan fingerprint density at radius 2 is 2.25 bits per heavy atom. The Kier molecular flexibility index (Phi) is 3.06. The summed E-state index contributed by atoms with van der Waals surface area (Å²) in [4.78, 5) is 4.24. The summed E-state index contributed by atoms with van der Waals surface area (Å²) in [5, 5.41) is 8.88. The lowest BCUT2D eigenvalue weighted by Gasteiger charge is -2.00. The van der Waals surface area contributed by atoms with E-state index in [1.54, 1.807) is 0 Å². The maximum absolute atomic E-state index is 8.88. The molecule has 1 heterocycles. The van der Waals surface area contributed by atoms with Gasteiger partial charge in [-0.1, -0.05) is 12.1 Å². The second-order valence-electron chi connectivity index (χ2n) is 3.70. The van der Waals surface area contributed by atoms with Gasteiger partial charge in [0.05, 0.1) is 5.69 Å². The van der Waals surface area contributed by atoms with E-state index in [1.165, 1.54) is 0 Å². The van der Waals surface area contributed by atoms with E-state index >= 15 is 0 Å². The summed E-state index contributed by atoms with van der Waals surface area (Å²) >= 11 is 0. The van der Waals surface area contributed by atoms with Gasteiger partial charge in [0.15, 0.2) is 0 Å². The van der Waals surface area contributed by atoms with Crippen molar-refractivity contribution in [1.29, 1.82) is 0 Å². The summed E-state index contributed by atoms with van der Waals surface area (Å²) in [6, 6.07) is 7.82. The van der Waals surface area contributed by atoms with E-state index in [-0.39, 0.29) is 6.61 Å². The number of aliphatic hydroxyl groups is 1. The van der Waals surface area contributed by atoms with Crippen LogP contribution in [0.15, 0.2) is 28.7 Å². The standard InChI is InChI=1S/C13H14NO2/c1-9-10(2)16-13(14-9)12-5-3-4-11(8-12)6-7-15/h3-5,8,15H,1,6-7H2,2H3. The number of rotatable bonds is 3. The van der Waals surface area contributed by atoms with Gasteiger partial charge in [0.1, 0.15) is 5.76 Å². The van der Waals surface area contributed by atoms with E-state index in [0.717, 1.165) is 16.9 Å². The SMILES string of the molecule is [CH2]c1nc(-c2cccc(CCO)c2)oc1C. The molecule has 1 aromatic carbocycles. The third kappa shape index (κ3) is 2.14. The Morgan fingerprint density at radius 1 is 1.44 bits per heavy atom.